The van der Waals surface area contributed by atoms with E-state index in [0.29, 0.717) is 6.42 Å². The standard InChI is InChI=1S/C24H41NO2/c1-2-3-4-5-6-7-8-9-10-11-12-13-14-15-16-17-18-19-20-21-23(26)24(27)22-25/h6-7,9-10,12-13,15-16,24,27H,2-5,8,11,14,17-22,25H2,1H3/b7-6?,10-9?,13-12?,16-15-. The molecule has 0 heterocycles. The van der Waals surface area contributed by atoms with Crippen molar-refractivity contribution in [2.24, 2.45) is 5.73 Å². The molecular weight excluding hydrogens is 334 g/mol. The Hall–Kier alpha value is -1.45. The first-order valence-electron chi connectivity index (χ1n) is 10.7. The highest BCUT2D eigenvalue weighted by Crippen LogP contribution is 2.06. The summed E-state index contributed by atoms with van der Waals surface area (Å²) in [5.41, 5.74) is 5.26. The summed E-state index contributed by atoms with van der Waals surface area (Å²) in [6.07, 6.45) is 29.4. The van der Waals surface area contributed by atoms with E-state index in [-0.39, 0.29) is 12.3 Å². The Morgan fingerprint density at radius 2 is 1.26 bits per heavy atom. The third-order valence-electron chi connectivity index (χ3n) is 4.35. The molecule has 0 saturated heterocycles. The maximum atomic E-state index is 11.4. The Bertz CT molecular complexity index is 449. The lowest BCUT2D eigenvalue weighted by Crippen LogP contribution is -2.28. The number of ketones is 1. The van der Waals surface area contributed by atoms with Crippen molar-refractivity contribution < 1.29 is 9.90 Å². The van der Waals surface area contributed by atoms with Crippen LogP contribution in [0.1, 0.15) is 84.0 Å². The summed E-state index contributed by atoms with van der Waals surface area (Å²) in [6.45, 7) is 2.27. The zero-order valence-corrected chi connectivity index (χ0v) is 17.3. The number of carbonyl (C=O) groups is 1. The number of allylic oxidation sites excluding steroid dienone is 8. The lowest BCUT2D eigenvalue weighted by molar-refractivity contribution is -0.126. The van der Waals surface area contributed by atoms with Gasteiger partial charge in [-0.3, -0.25) is 4.79 Å². The minimum atomic E-state index is -0.974. The van der Waals surface area contributed by atoms with Crippen molar-refractivity contribution >= 4 is 5.78 Å². The predicted octanol–water partition coefficient (Wildman–Crippen LogP) is 5.80. The van der Waals surface area contributed by atoms with Crippen LogP contribution >= 0.6 is 0 Å². The molecule has 0 aromatic rings. The van der Waals surface area contributed by atoms with Gasteiger partial charge in [0.15, 0.2) is 5.78 Å². The zero-order chi connectivity index (χ0) is 20.0. The molecule has 0 aliphatic carbocycles. The Morgan fingerprint density at radius 3 is 1.74 bits per heavy atom. The van der Waals surface area contributed by atoms with Crippen LogP contribution in [0.25, 0.3) is 0 Å². The fourth-order valence-corrected chi connectivity index (χ4v) is 2.60. The van der Waals surface area contributed by atoms with Crippen LogP contribution in [0.3, 0.4) is 0 Å². The molecule has 3 nitrogen and oxygen atoms in total. The monoisotopic (exact) mass is 375 g/mol. The van der Waals surface area contributed by atoms with Gasteiger partial charge in [0, 0.05) is 13.0 Å². The summed E-state index contributed by atoms with van der Waals surface area (Å²) in [6, 6.07) is 0. The largest absolute Gasteiger partial charge is 0.384 e. The highest BCUT2D eigenvalue weighted by molar-refractivity contribution is 5.82. The van der Waals surface area contributed by atoms with E-state index in [1.54, 1.807) is 0 Å². The van der Waals surface area contributed by atoms with E-state index in [1.165, 1.54) is 25.7 Å². The van der Waals surface area contributed by atoms with E-state index in [9.17, 15) is 9.90 Å². The van der Waals surface area contributed by atoms with Crippen LogP contribution in [-0.2, 0) is 4.79 Å². The first kappa shape index (κ1) is 25.6. The number of nitrogens with two attached hydrogens (primary N) is 1. The topological polar surface area (TPSA) is 63.3 Å². The maximum absolute atomic E-state index is 11.4. The van der Waals surface area contributed by atoms with Gasteiger partial charge in [-0.05, 0) is 51.4 Å². The molecule has 0 fully saturated rings. The van der Waals surface area contributed by atoms with E-state index in [0.717, 1.165) is 44.9 Å². The van der Waals surface area contributed by atoms with Crippen LogP contribution in [0.2, 0.25) is 0 Å². The fourth-order valence-electron chi connectivity index (χ4n) is 2.60. The lowest BCUT2D eigenvalue weighted by atomic mass is 10.1. The molecule has 0 spiro atoms. The third-order valence-corrected chi connectivity index (χ3v) is 4.35. The van der Waals surface area contributed by atoms with E-state index in [2.05, 4.69) is 55.5 Å². The van der Waals surface area contributed by atoms with Gasteiger partial charge in [-0.15, -0.1) is 0 Å². The van der Waals surface area contributed by atoms with E-state index in [4.69, 9.17) is 5.73 Å². The summed E-state index contributed by atoms with van der Waals surface area (Å²) < 4.78 is 0. The molecule has 0 bridgehead atoms. The Labute approximate surface area is 167 Å². The number of Topliss-reactive ketones (excluding diaryl/α,β-unsaturated/α-hetero) is 1. The van der Waals surface area contributed by atoms with Gasteiger partial charge in [0.05, 0.1) is 0 Å². The number of hydrogen-bond acceptors (Lipinski definition) is 3. The summed E-state index contributed by atoms with van der Waals surface area (Å²) in [7, 11) is 0. The average Bonchev–Trinajstić information content (AvgIpc) is 2.68. The molecule has 0 aliphatic heterocycles. The second-order valence-corrected chi connectivity index (χ2v) is 6.91. The van der Waals surface area contributed by atoms with Gasteiger partial charge in [0.25, 0.3) is 0 Å². The molecule has 0 rings (SSSR count). The molecular formula is C24H41NO2. The molecule has 1 atom stereocenters. The van der Waals surface area contributed by atoms with Gasteiger partial charge in [0.2, 0.25) is 0 Å². The summed E-state index contributed by atoms with van der Waals surface area (Å²) in [5, 5.41) is 9.28. The molecule has 3 heteroatoms. The van der Waals surface area contributed by atoms with Crippen molar-refractivity contribution in [3.63, 3.8) is 0 Å². The number of unbranched alkanes of at least 4 members (excludes halogenated alkanes) is 6. The quantitative estimate of drug-likeness (QED) is 0.235. The molecule has 154 valence electrons. The first-order chi connectivity index (χ1) is 13.2. The molecule has 0 aliphatic rings. The van der Waals surface area contributed by atoms with Crippen LogP contribution in [0.15, 0.2) is 48.6 Å². The molecule has 0 aromatic carbocycles. The van der Waals surface area contributed by atoms with Crippen molar-refractivity contribution in [1.29, 1.82) is 0 Å². The van der Waals surface area contributed by atoms with Crippen LogP contribution in [0.4, 0.5) is 0 Å². The van der Waals surface area contributed by atoms with Gasteiger partial charge in [-0.1, -0.05) is 74.8 Å². The maximum Gasteiger partial charge on any atom is 0.162 e. The van der Waals surface area contributed by atoms with Gasteiger partial charge in [-0.25, -0.2) is 0 Å². The summed E-state index contributed by atoms with van der Waals surface area (Å²) in [4.78, 5) is 11.4. The van der Waals surface area contributed by atoms with Crippen LogP contribution in [0.5, 0.6) is 0 Å². The Kier molecular flexibility index (Phi) is 19.7. The zero-order valence-electron chi connectivity index (χ0n) is 17.3. The van der Waals surface area contributed by atoms with E-state index < -0.39 is 6.10 Å². The number of aliphatic hydroxyl groups excluding tert-OH is 1. The van der Waals surface area contributed by atoms with Crippen molar-refractivity contribution in [3.8, 4) is 0 Å². The smallest absolute Gasteiger partial charge is 0.162 e. The summed E-state index contributed by atoms with van der Waals surface area (Å²) in [5.74, 6) is -0.129. The lowest BCUT2D eigenvalue weighted by Gasteiger charge is -2.05. The molecule has 27 heavy (non-hydrogen) atoms. The number of hydrogen-bond donors (Lipinski definition) is 2. The van der Waals surface area contributed by atoms with Gasteiger partial charge in [-0.2, -0.15) is 0 Å². The molecule has 0 radical (unpaired) electrons. The van der Waals surface area contributed by atoms with Crippen LogP contribution in [-0.4, -0.2) is 23.5 Å². The van der Waals surface area contributed by atoms with Gasteiger partial charge >= 0.3 is 0 Å². The SMILES string of the molecule is CCCCCC=CCC=CCC=CC/C=C\CCCCCC(=O)C(O)CN. The van der Waals surface area contributed by atoms with Gasteiger partial charge in [0.1, 0.15) is 6.10 Å². The highest BCUT2D eigenvalue weighted by Gasteiger charge is 2.11. The highest BCUT2D eigenvalue weighted by atomic mass is 16.3. The summed E-state index contributed by atoms with van der Waals surface area (Å²) >= 11 is 0. The Balaban J connectivity index is 3.45. The molecule has 3 N–H and O–H groups in total. The fraction of sp³-hybridized carbons (Fsp3) is 0.625. The van der Waals surface area contributed by atoms with Crippen molar-refractivity contribution in [1.82, 2.24) is 0 Å². The molecule has 0 aromatic heterocycles. The minimum absolute atomic E-state index is 0.0288. The number of aliphatic hydroxyl groups is 1. The second kappa shape index (κ2) is 20.9. The molecule has 0 amide bonds. The minimum Gasteiger partial charge on any atom is -0.384 e. The third kappa shape index (κ3) is 19.1. The van der Waals surface area contributed by atoms with Gasteiger partial charge < -0.3 is 10.8 Å². The van der Waals surface area contributed by atoms with Crippen molar-refractivity contribution in [3.05, 3.63) is 48.6 Å². The molecule has 0 saturated carbocycles. The number of carbonyl (C=O) groups excluding carboxylic acids is 1. The molecule has 1 unspecified atom stereocenters. The van der Waals surface area contributed by atoms with E-state index in [1.807, 2.05) is 0 Å². The second-order valence-electron chi connectivity index (χ2n) is 6.91. The number of rotatable bonds is 18. The predicted molar refractivity (Wildman–Crippen MR) is 118 cm³/mol. The average molecular weight is 376 g/mol. The van der Waals surface area contributed by atoms with Crippen molar-refractivity contribution in [2.75, 3.05) is 6.54 Å². The van der Waals surface area contributed by atoms with E-state index >= 15 is 0 Å². The van der Waals surface area contributed by atoms with Crippen LogP contribution in [0, 0.1) is 0 Å². The first-order valence-corrected chi connectivity index (χ1v) is 10.7. The van der Waals surface area contributed by atoms with Crippen molar-refractivity contribution in [2.45, 2.75) is 90.1 Å². The Morgan fingerprint density at radius 1 is 0.778 bits per heavy atom. The van der Waals surface area contributed by atoms with Crippen LogP contribution < -0.4 is 5.73 Å². The normalized spacial score (nSPS) is 13.6.